The van der Waals surface area contributed by atoms with Crippen molar-refractivity contribution in [3.8, 4) is 0 Å². The molecule has 0 radical (unpaired) electrons. The van der Waals surface area contributed by atoms with Crippen LogP contribution in [-0.4, -0.2) is 59.0 Å². The Balaban J connectivity index is 1.51. The Kier molecular flexibility index (Phi) is 4.61. The van der Waals surface area contributed by atoms with Crippen LogP contribution in [0.4, 0.5) is 11.9 Å². The van der Waals surface area contributed by atoms with E-state index in [2.05, 4.69) is 25.2 Å². The predicted octanol–water partition coefficient (Wildman–Crippen LogP) is 0.0104. The summed E-state index contributed by atoms with van der Waals surface area (Å²) in [7, 11) is 3.76. The lowest BCUT2D eigenvalue weighted by molar-refractivity contribution is -0.123. The fourth-order valence-corrected chi connectivity index (χ4v) is 2.80. The maximum absolute atomic E-state index is 11.8. The molecule has 1 aromatic rings. The van der Waals surface area contributed by atoms with E-state index < -0.39 is 0 Å². The Hall–Kier alpha value is -1.96. The number of likely N-dealkylation sites (tertiary alicyclic amines) is 1. The molecule has 126 valence electrons. The molecule has 1 amide bonds. The largest absolute Gasteiger partial charge is 0.368 e. The number of nitrogens with two attached hydrogens (primary N) is 1. The van der Waals surface area contributed by atoms with Gasteiger partial charge in [-0.1, -0.05) is 0 Å². The first-order chi connectivity index (χ1) is 11.0. The van der Waals surface area contributed by atoms with Crippen LogP contribution >= 0.6 is 0 Å². The number of piperidine rings is 1. The van der Waals surface area contributed by atoms with E-state index in [4.69, 9.17) is 5.73 Å². The molecule has 2 heterocycles. The van der Waals surface area contributed by atoms with E-state index in [0.717, 1.165) is 38.8 Å². The molecule has 1 aliphatic heterocycles. The van der Waals surface area contributed by atoms with Gasteiger partial charge < -0.3 is 16.0 Å². The summed E-state index contributed by atoms with van der Waals surface area (Å²) >= 11 is 0. The number of amides is 1. The number of hydrogen-bond donors (Lipinski definition) is 2. The molecular weight excluding hydrogens is 294 g/mol. The van der Waals surface area contributed by atoms with Crippen molar-refractivity contribution in [1.29, 1.82) is 0 Å². The maximum Gasteiger partial charge on any atom is 0.229 e. The van der Waals surface area contributed by atoms with Crippen LogP contribution in [-0.2, 0) is 11.3 Å². The second kappa shape index (κ2) is 6.66. The third-order valence-electron chi connectivity index (χ3n) is 4.33. The molecule has 1 aliphatic carbocycles. The third kappa shape index (κ3) is 4.28. The van der Waals surface area contributed by atoms with E-state index in [0.29, 0.717) is 24.4 Å². The average molecular weight is 319 g/mol. The highest BCUT2D eigenvalue weighted by Gasteiger charge is 2.31. The monoisotopic (exact) mass is 319 g/mol. The summed E-state index contributed by atoms with van der Waals surface area (Å²) in [4.78, 5) is 28.7. The topological polar surface area (TPSA) is 100 Å². The number of carbonyl (C=O) groups is 1. The summed E-state index contributed by atoms with van der Waals surface area (Å²) in [6.07, 6.45) is 4.05. The van der Waals surface area contributed by atoms with Gasteiger partial charge in [-0.05, 0) is 25.7 Å². The molecule has 0 spiro atoms. The van der Waals surface area contributed by atoms with Crippen molar-refractivity contribution in [2.45, 2.75) is 38.3 Å². The number of nitrogens with zero attached hydrogens (tertiary/aromatic N) is 5. The van der Waals surface area contributed by atoms with E-state index in [1.807, 2.05) is 19.0 Å². The van der Waals surface area contributed by atoms with Crippen LogP contribution in [0.15, 0.2) is 0 Å². The van der Waals surface area contributed by atoms with Gasteiger partial charge in [-0.2, -0.15) is 15.0 Å². The molecule has 0 atom stereocenters. The minimum Gasteiger partial charge on any atom is -0.368 e. The van der Waals surface area contributed by atoms with Crippen molar-refractivity contribution in [3.05, 3.63) is 5.82 Å². The molecule has 3 rings (SSSR count). The first-order valence-corrected chi connectivity index (χ1v) is 8.22. The number of nitrogens with one attached hydrogen (secondary N) is 1. The molecule has 23 heavy (non-hydrogen) atoms. The van der Waals surface area contributed by atoms with Gasteiger partial charge in [0.25, 0.3) is 0 Å². The number of hydrogen-bond acceptors (Lipinski definition) is 7. The van der Waals surface area contributed by atoms with Crippen molar-refractivity contribution >= 4 is 17.8 Å². The van der Waals surface area contributed by atoms with Crippen LogP contribution in [0.25, 0.3) is 0 Å². The Bertz CT molecular complexity index is 565. The highest BCUT2D eigenvalue weighted by atomic mass is 16.2. The zero-order valence-electron chi connectivity index (χ0n) is 13.8. The summed E-state index contributed by atoms with van der Waals surface area (Å²) in [5, 5.41) is 3.16. The van der Waals surface area contributed by atoms with Gasteiger partial charge in [0.05, 0.1) is 6.54 Å². The van der Waals surface area contributed by atoms with E-state index >= 15 is 0 Å². The lowest BCUT2D eigenvalue weighted by Crippen LogP contribution is -2.45. The average Bonchev–Trinajstić information content (AvgIpc) is 3.33. The quantitative estimate of drug-likeness (QED) is 0.788. The van der Waals surface area contributed by atoms with E-state index in [-0.39, 0.29) is 17.8 Å². The smallest absolute Gasteiger partial charge is 0.229 e. The lowest BCUT2D eigenvalue weighted by Gasteiger charge is -2.32. The van der Waals surface area contributed by atoms with Crippen molar-refractivity contribution in [1.82, 2.24) is 25.2 Å². The van der Waals surface area contributed by atoms with Crippen LogP contribution in [0.3, 0.4) is 0 Å². The highest BCUT2D eigenvalue weighted by molar-refractivity contribution is 5.81. The van der Waals surface area contributed by atoms with Crippen molar-refractivity contribution < 1.29 is 4.79 Å². The zero-order chi connectivity index (χ0) is 16.4. The molecule has 3 N–H and O–H groups in total. The van der Waals surface area contributed by atoms with E-state index in [9.17, 15) is 4.79 Å². The zero-order valence-corrected chi connectivity index (χ0v) is 13.8. The summed E-state index contributed by atoms with van der Waals surface area (Å²) < 4.78 is 0. The third-order valence-corrected chi connectivity index (χ3v) is 4.33. The first kappa shape index (κ1) is 15.9. The van der Waals surface area contributed by atoms with Crippen LogP contribution < -0.4 is 16.0 Å². The number of rotatable bonds is 5. The SMILES string of the molecule is CN(C)c1nc(N)nc(CN2CCC(NC(=O)C3CC3)CC2)n1. The number of aromatic nitrogens is 3. The molecule has 8 nitrogen and oxygen atoms in total. The second-order valence-corrected chi connectivity index (χ2v) is 6.64. The molecule has 0 aromatic carbocycles. The van der Waals surface area contributed by atoms with Gasteiger partial charge in [-0.25, -0.2) is 0 Å². The van der Waals surface area contributed by atoms with Gasteiger partial charge in [0.15, 0.2) is 0 Å². The normalized spacial score (nSPS) is 19.6. The number of anilines is 2. The van der Waals surface area contributed by atoms with Crippen molar-refractivity contribution in [3.63, 3.8) is 0 Å². The molecule has 8 heteroatoms. The molecule has 1 aromatic heterocycles. The van der Waals surface area contributed by atoms with Crippen LogP contribution in [0, 0.1) is 5.92 Å². The Morgan fingerprint density at radius 3 is 2.52 bits per heavy atom. The number of nitrogen functional groups attached to an aromatic ring is 1. The molecule has 1 saturated carbocycles. The van der Waals surface area contributed by atoms with Crippen LogP contribution in [0.5, 0.6) is 0 Å². The molecule has 0 unspecified atom stereocenters. The molecule has 1 saturated heterocycles. The van der Waals surface area contributed by atoms with Crippen molar-refractivity contribution in [2.24, 2.45) is 5.92 Å². The Morgan fingerprint density at radius 2 is 1.91 bits per heavy atom. The van der Waals surface area contributed by atoms with Gasteiger partial charge in [0.2, 0.25) is 17.8 Å². The summed E-state index contributed by atoms with van der Waals surface area (Å²) in [6, 6.07) is 0.306. The fourth-order valence-electron chi connectivity index (χ4n) is 2.80. The van der Waals surface area contributed by atoms with Gasteiger partial charge in [-0.3, -0.25) is 9.69 Å². The highest BCUT2D eigenvalue weighted by Crippen LogP contribution is 2.29. The Labute approximate surface area is 136 Å². The minimum atomic E-state index is 0.240. The first-order valence-electron chi connectivity index (χ1n) is 8.22. The predicted molar refractivity (Wildman–Crippen MR) is 87.7 cm³/mol. The second-order valence-electron chi connectivity index (χ2n) is 6.64. The summed E-state index contributed by atoms with van der Waals surface area (Å²) in [6.45, 7) is 2.52. The molecule has 2 fully saturated rings. The van der Waals surface area contributed by atoms with Crippen LogP contribution in [0.2, 0.25) is 0 Å². The molecule has 0 bridgehead atoms. The number of carbonyl (C=O) groups excluding carboxylic acids is 1. The van der Waals surface area contributed by atoms with Gasteiger partial charge >= 0.3 is 0 Å². The van der Waals surface area contributed by atoms with Gasteiger partial charge in [0.1, 0.15) is 5.82 Å². The van der Waals surface area contributed by atoms with Gasteiger partial charge in [-0.15, -0.1) is 0 Å². The summed E-state index contributed by atoms with van der Waals surface area (Å²) in [5.74, 6) is 2.06. The van der Waals surface area contributed by atoms with Crippen LogP contribution in [0.1, 0.15) is 31.5 Å². The maximum atomic E-state index is 11.8. The molecular formula is C15H25N7O. The minimum absolute atomic E-state index is 0.240. The van der Waals surface area contributed by atoms with E-state index in [1.165, 1.54) is 0 Å². The Morgan fingerprint density at radius 1 is 1.22 bits per heavy atom. The standard InChI is InChI=1S/C15H25N7O/c1-21(2)15-19-12(18-14(16)20-15)9-22-7-5-11(6-8-22)17-13(23)10-3-4-10/h10-11H,3-9H2,1-2H3,(H,17,23)(H2,16,18,19,20). The summed E-state index contributed by atoms with van der Waals surface area (Å²) in [5.41, 5.74) is 5.76. The molecule has 2 aliphatic rings. The lowest BCUT2D eigenvalue weighted by atomic mass is 10.0. The fraction of sp³-hybridized carbons (Fsp3) is 0.733. The van der Waals surface area contributed by atoms with E-state index in [1.54, 1.807) is 0 Å². The van der Waals surface area contributed by atoms with Crippen molar-refractivity contribution in [2.75, 3.05) is 37.8 Å². The van der Waals surface area contributed by atoms with Gasteiger partial charge in [0, 0.05) is 39.1 Å².